The molecule has 1 aliphatic rings. The van der Waals surface area contributed by atoms with Crippen LogP contribution in [0.3, 0.4) is 0 Å². The second-order valence-electron chi connectivity index (χ2n) is 5.80. The topological polar surface area (TPSA) is 102 Å². The summed E-state index contributed by atoms with van der Waals surface area (Å²) in [5.74, 6) is -1.09. The summed E-state index contributed by atoms with van der Waals surface area (Å²) in [7, 11) is -3.69. The molecule has 0 amide bonds. The molecule has 0 saturated carbocycles. The molecule has 1 aliphatic heterocycles. The molecule has 0 aromatic heterocycles. The van der Waals surface area contributed by atoms with Crippen LogP contribution >= 0.6 is 11.6 Å². The fourth-order valence-electron chi connectivity index (χ4n) is 2.48. The first-order valence-electron chi connectivity index (χ1n) is 7.93. The number of esters is 1. The van der Waals surface area contributed by atoms with Gasteiger partial charge in [-0.05, 0) is 31.2 Å². The largest absolute Gasteiger partial charge is 0.456 e. The van der Waals surface area contributed by atoms with E-state index in [4.69, 9.17) is 16.3 Å². The Bertz CT molecular complexity index is 1050. The summed E-state index contributed by atoms with van der Waals surface area (Å²) in [4.78, 5) is 28.4. The molecular weight excluding hydrogens is 392 g/mol. The molecule has 0 aliphatic carbocycles. The summed E-state index contributed by atoms with van der Waals surface area (Å²) < 4.78 is 31.4. The minimum Gasteiger partial charge on any atom is -0.456 e. The highest BCUT2D eigenvalue weighted by Crippen LogP contribution is 2.22. The maximum absolute atomic E-state index is 12.1. The first-order chi connectivity index (χ1) is 12.8. The lowest BCUT2D eigenvalue weighted by Crippen LogP contribution is -2.27. The highest BCUT2D eigenvalue weighted by Gasteiger charge is 2.31. The Morgan fingerprint density at radius 2 is 1.93 bits per heavy atom. The number of fused-ring (bicyclic) bond motifs is 1. The van der Waals surface area contributed by atoms with E-state index >= 15 is 0 Å². The number of carbonyl (C=O) groups is 2. The van der Waals surface area contributed by atoms with Gasteiger partial charge in [0, 0.05) is 16.1 Å². The standard InChI is InChI=1S/C18H15ClN2O5S/c1-11(18(23)26-10-15(22)12-5-4-6-13(19)9-12)20-17-14-7-2-3-8-16(14)27(24,25)21-17/h2-9,11H,10H2,1H3,(H,20,21)/t11-/m1/s1. The Hall–Kier alpha value is -2.71. The van der Waals surface area contributed by atoms with Crippen molar-refractivity contribution < 1.29 is 22.7 Å². The lowest BCUT2D eigenvalue weighted by Gasteiger charge is -2.09. The predicted molar refractivity (Wildman–Crippen MR) is 99.5 cm³/mol. The van der Waals surface area contributed by atoms with Gasteiger partial charge in [0.1, 0.15) is 11.9 Å². The summed E-state index contributed by atoms with van der Waals surface area (Å²) in [6.07, 6.45) is 0. The second kappa shape index (κ2) is 7.50. The molecule has 1 heterocycles. The van der Waals surface area contributed by atoms with E-state index in [1.807, 2.05) is 0 Å². The van der Waals surface area contributed by atoms with Gasteiger partial charge in [-0.2, -0.15) is 0 Å². The van der Waals surface area contributed by atoms with Gasteiger partial charge < -0.3 is 4.74 Å². The lowest BCUT2D eigenvalue weighted by molar-refractivity contribution is -0.143. The lowest BCUT2D eigenvalue weighted by atomic mass is 10.1. The van der Waals surface area contributed by atoms with E-state index in [1.165, 1.54) is 19.1 Å². The van der Waals surface area contributed by atoms with Crippen LogP contribution in [0.1, 0.15) is 22.8 Å². The van der Waals surface area contributed by atoms with E-state index < -0.39 is 34.4 Å². The smallest absolute Gasteiger partial charge is 0.331 e. The second-order valence-corrected chi connectivity index (χ2v) is 7.88. The minimum absolute atomic E-state index is 0.0659. The number of benzene rings is 2. The number of ketones is 1. The highest BCUT2D eigenvalue weighted by molar-refractivity contribution is 7.90. The zero-order valence-corrected chi connectivity index (χ0v) is 15.8. The van der Waals surface area contributed by atoms with Crippen molar-refractivity contribution >= 4 is 39.2 Å². The average Bonchev–Trinajstić information content (AvgIpc) is 2.90. The van der Waals surface area contributed by atoms with E-state index in [0.717, 1.165) is 0 Å². The number of amidine groups is 1. The number of nitrogens with zero attached hydrogens (tertiary/aromatic N) is 1. The van der Waals surface area contributed by atoms with Crippen molar-refractivity contribution in [2.75, 3.05) is 6.61 Å². The number of halogens is 1. The van der Waals surface area contributed by atoms with Crippen LogP contribution in [0, 0.1) is 0 Å². The van der Waals surface area contributed by atoms with Crippen molar-refractivity contribution in [3.8, 4) is 0 Å². The monoisotopic (exact) mass is 406 g/mol. The van der Waals surface area contributed by atoms with Gasteiger partial charge in [0.05, 0.1) is 4.90 Å². The summed E-state index contributed by atoms with van der Waals surface area (Å²) in [5, 5.41) is 0.402. The molecule has 1 atom stereocenters. The number of nitrogens with one attached hydrogen (secondary N) is 1. The molecule has 0 radical (unpaired) electrons. The first-order valence-corrected chi connectivity index (χ1v) is 9.79. The van der Waals surface area contributed by atoms with Crippen LogP contribution in [-0.4, -0.2) is 38.7 Å². The van der Waals surface area contributed by atoms with Crippen LogP contribution in [-0.2, 0) is 19.6 Å². The Morgan fingerprint density at radius 3 is 2.67 bits per heavy atom. The molecule has 9 heteroatoms. The molecule has 1 N–H and O–H groups in total. The summed E-state index contributed by atoms with van der Waals surface area (Å²) >= 11 is 5.83. The maximum Gasteiger partial charge on any atom is 0.331 e. The number of aliphatic imine (C=N–C) groups is 1. The van der Waals surface area contributed by atoms with Crippen molar-refractivity contribution in [1.82, 2.24) is 4.72 Å². The fourth-order valence-corrected chi connectivity index (χ4v) is 3.91. The molecular formula is C18H15ClN2O5S. The normalized spacial score (nSPS) is 17.0. The van der Waals surface area contributed by atoms with Gasteiger partial charge in [0.2, 0.25) is 0 Å². The molecule has 27 heavy (non-hydrogen) atoms. The van der Waals surface area contributed by atoms with Crippen LogP contribution in [0.15, 0.2) is 58.4 Å². The van der Waals surface area contributed by atoms with Gasteiger partial charge in [-0.3, -0.25) is 14.5 Å². The Kier molecular flexibility index (Phi) is 5.29. The van der Waals surface area contributed by atoms with Gasteiger partial charge in [0.25, 0.3) is 10.0 Å². The molecule has 0 spiro atoms. The van der Waals surface area contributed by atoms with Crippen molar-refractivity contribution in [3.63, 3.8) is 0 Å². The molecule has 140 valence electrons. The average molecular weight is 407 g/mol. The zero-order valence-electron chi connectivity index (χ0n) is 14.2. The number of carbonyl (C=O) groups excluding carboxylic acids is 2. The van der Waals surface area contributed by atoms with Gasteiger partial charge in [-0.25, -0.2) is 13.2 Å². The molecule has 2 aromatic rings. The zero-order chi connectivity index (χ0) is 19.6. The molecule has 0 unspecified atom stereocenters. The van der Waals surface area contributed by atoms with E-state index in [2.05, 4.69) is 9.71 Å². The minimum atomic E-state index is -3.69. The maximum atomic E-state index is 12.1. The number of hydrogen-bond donors (Lipinski definition) is 1. The molecule has 3 rings (SSSR count). The summed E-state index contributed by atoms with van der Waals surface area (Å²) in [5.41, 5.74) is 0.707. The van der Waals surface area contributed by atoms with Gasteiger partial charge in [-0.1, -0.05) is 35.9 Å². The van der Waals surface area contributed by atoms with Crippen molar-refractivity contribution in [1.29, 1.82) is 0 Å². The Morgan fingerprint density at radius 1 is 1.19 bits per heavy atom. The van der Waals surface area contributed by atoms with E-state index in [0.29, 0.717) is 16.1 Å². The van der Waals surface area contributed by atoms with Crippen LogP contribution in [0.5, 0.6) is 0 Å². The highest BCUT2D eigenvalue weighted by atomic mass is 35.5. The molecule has 2 aromatic carbocycles. The van der Waals surface area contributed by atoms with Gasteiger partial charge in [-0.15, -0.1) is 0 Å². The van der Waals surface area contributed by atoms with Crippen LogP contribution in [0.25, 0.3) is 0 Å². The third kappa shape index (κ3) is 4.17. The number of ether oxygens (including phenoxy) is 1. The van der Waals surface area contributed by atoms with E-state index in [-0.39, 0.29) is 10.7 Å². The Labute approximate surface area is 161 Å². The quantitative estimate of drug-likeness (QED) is 0.605. The summed E-state index contributed by atoms with van der Waals surface area (Å²) in [6.45, 7) is 0.991. The van der Waals surface area contributed by atoms with Crippen LogP contribution in [0.4, 0.5) is 0 Å². The Balaban J connectivity index is 1.68. The SMILES string of the molecule is C[C@@H](N=C1NS(=O)(=O)c2ccccc21)C(=O)OCC(=O)c1cccc(Cl)c1. The first kappa shape index (κ1) is 19.1. The molecule has 0 bridgehead atoms. The number of Topliss-reactive ketones (excluding diaryl/α,β-unsaturated/α-hetero) is 1. The number of sulfonamides is 1. The van der Waals surface area contributed by atoms with Crippen molar-refractivity contribution in [2.45, 2.75) is 17.9 Å². The molecule has 7 nitrogen and oxygen atoms in total. The number of rotatable bonds is 5. The van der Waals surface area contributed by atoms with Crippen LogP contribution < -0.4 is 4.72 Å². The van der Waals surface area contributed by atoms with Gasteiger partial charge in [0.15, 0.2) is 12.4 Å². The summed E-state index contributed by atoms with van der Waals surface area (Å²) in [6, 6.07) is 11.6. The fraction of sp³-hybridized carbons (Fsp3) is 0.167. The van der Waals surface area contributed by atoms with Gasteiger partial charge >= 0.3 is 5.97 Å². The molecule has 0 saturated heterocycles. The molecule has 0 fully saturated rings. The van der Waals surface area contributed by atoms with Crippen molar-refractivity contribution in [3.05, 3.63) is 64.7 Å². The van der Waals surface area contributed by atoms with Crippen molar-refractivity contribution in [2.24, 2.45) is 4.99 Å². The predicted octanol–water partition coefficient (Wildman–Crippen LogP) is 2.19. The van der Waals surface area contributed by atoms with E-state index in [1.54, 1.807) is 36.4 Å². The number of hydrogen-bond acceptors (Lipinski definition) is 6. The van der Waals surface area contributed by atoms with Crippen LogP contribution in [0.2, 0.25) is 5.02 Å². The third-order valence-corrected chi connectivity index (χ3v) is 5.45. The third-order valence-electron chi connectivity index (χ3n) is 3.82. The van der Waals surface area contributed by atoms with E-state index in [9.17, 15) is 18.0 Å².